The summed E-state index contributed by atoms with van der Waals surface area (Å²) in [6.45, 7) is 3.46. The lowest BCUT2D eigenvalue weighted by molar-refractivity contribution is 0.402. The minimum Gasteiger partial charge on any atom is -0.495 e. The van der Waals surface area contributed by atoms with Crippen LogP contribution in [0.3, 0.4) is 0 Å². The summed E-state index contributed by atoms with van der Waals surface area (Å²) in [5.41, 5.74) is 3.79. The molecule has 130 valence electrons. The third kappa shape index (κ3) is 2.53. The molecule has 1 aliphatic rings. The van der Waals surface area contributed by atoms with Crippen LogP contribution in [-0.4, -0.2) is 26.0 Å². The van der Waals surface area contributed by atoms with Gasteiger partial charge in [-0.15, -0.1) is 0 Å². The molecule has 2 heterocycles. The van der Waals surface area contributed by atoms with E-state index in [-0.39, 0.29) is 4.90 Å². The highest BCUT2D eigenvalue weighted by molar-refractivity contribution is 7.90. The van der Waals surface area contributed by atoms with Crippen LogP contribution >= 0.6 is 0 Å². The molecule has 4 rings (SSSR count). The van der Waals surface area contributed by atoms with Crippen LogP contribution in [0.15, 0.2) is 47.5 Å². The fraction of sp³-hybridized carbons (Fsp3) is 0.263. The van der Waals surface area contributed by atoms with Gasteiger partial charge in [-0.1, -0.05) is 18.2 Å². The molecule has 1 N–H and O–H groups in total. The zero-order valence-corrected chi connectivity index (χ0v) is 15.1. The summed E-state index contributed by atoms with van der Waals surface area (Å²) in [6.07, 6.45) is 2.57. The second kappa shape index (κ2) is 5.89. The fourth-order valence-corrected chi connectivity index (χ4v) is 5.12. The third-order valence-corrected chi connectivity index (χ3v) is 6.40. The number of nitrogens with zero attached hydrogens (tertiary/aromatic N) is 1. The van der Waals surface area contributed by atoms with Gasteiger partial charge in [0.1, 0.15) is 10.6 Å². The molecule has 0 atom stereocenters. The van der Waals surface area contributed by atoms with Gasteiger partial charge in [-0.05, 0) is 54.8 Å². The Labute approximate surface area is 147 Å². The van der Waals surface area contributed by atoms with Gasteiger partial charge in [-0.2, -0.15) is 0 Å². The van der Waals surface area contributed by atoms with Crippen molar-refractivity contribution in [3.05, 3.63) is 59.3 Å². The lowest BCUT2D eigenvalue weighted by Gasteiger charge is -2.13. The number of aryl methyl sites for hydroxylation is 1. The summed E-state index contributed by atoms with van der Waals surface area (Å²) in [4.78, 5) is 0.194. The first-order valence-corrected chi connectivity index (χ1v) is 9.69. The van der Waals surface area contributed by atoms with E-state index < -0.39 is 10.0 Å². The van der Waals surface area contributed by atoms with Gasteiger partial charge in [0.25, 0.3) is 10.0 Å². The minimum absolute atomic E-state index is 0.194. The van der Waals surface area contributed by atoms with Gasteiger partial charge in [0, 0.05) is 18.1 Å². The monoisotopic (exact) mass is 356 g/mol. The summed E-state index contributed by atoms with van der Waals surface area (Å²) in [5, 5.41) is 4.42. The summed E-state index contributed by atoms with van der Waals surface area (Å²) in [5.74, 6) is 0.360. The van der Waals surface area contributed by atoms with Crippen molar-refractivity contribution in [1.29, 1.82) is 0 Å². The molecule has 3 aromatic rings. The smallest absolute Gasteiger partial charge is 0.271 e. The van der Waals surface area contributed by atoms with Crippen molar-refractivity contribution in [2.45, 2.75) is 24.8 Å². The molecular weight excluding hydrogens is 336 g/mol. The minimum atomic E-state index is -3.75. The second-order valence-electron chi connectivity index (χ2n) is 6.35. The summed E-state index contributed by atoms with van der Waals surface area (Å²) in [7, 11) is -2.26. The van der Waals surface area contributed by atoms with Crippen LogP contribution in [0.1, 0.15) is 16.7 Å². The predicted octanol–water partition coefficient (Wildman–Crippen LogP) is 2.84. The van der Waals surface area contributed by atoms with Crippen molar-refractivity contribution in [2.75, 3.05) is 13.7 Å². The first-order valence-electron chi connectivity index (χ1n) is 8.25. The Morgan fingerprint density at radius 1 is 1.16 bits per heavy atom. The maximum Gasteiger partial charge on any atom is 0.271 e. The van der Waals surface area contributed by atoms with Crippen molar-refractivity contribution < 1.29 is 13.2 Å². The Balaban J connectivity index is 2.01. The number of nitrogens with one attached hydrogen (secondary N) is 1. The second-order valence-corrected chi connectivity index (χ2v) is 8.13. The van der Waals surface area contributed by atoms with E-state index in [0.717, 1.165) is 47.1 Å². The van der Waals surface area contributed by atoms with Crippen molar-refractivity contribution >= 4 is 20.9 Å². The van der Waals surface area contributed by atoms with Crippen molar-refractivity contribution in [2.24, 2.45) is 0 Å². The van der Waals surface area contributed by atoms with Crippen LogP contribution < -0.4 is 10.1 Å². The largest absolute Gasteiger partial charge is 0.495 e. The van der Waals surface area contributed by atoms with Crippen molar-refractivity contribution in [3.8, 4) is 5.75 Å². The van der Waals surface area contributed by atoms with Gasteiger partial charge >= 0.3 is 0 Å². The van der Waals surface area contributed by atoms with E-state index in [1.165, 1.54) is 11.1 Å². The molecule has 25 heavy (non-hydrogen) atoms. The van der Waals surface area contributed by atoms with Crippen molar-refractivity contribution in [1.82, 2.24) is 9.29 Å². The number of methoxy groups -OCH3 is 1. The molecule has 0 fully saturated rings. The van der Waals surface area contributed by atoms with Gasteiger partial charge < -0.3 is 10.1 Å². The van der Waals surface area contributed by atoms with Crippen LogP contribution in [0, 0.1) is 6.92 Å². The van der Waals surface area contributed by atoms with Gasteiger partial charge in [0.05, 0.1) is 12.6 Å². The fourth-order valence-electron chi connectivity index (χ4n) is 3.49. The molecule has 5 nitrogen and oxygen atoms in total. The Morgan fingerprint density at radius 2 is 2.00 bits per heavy atom. The zero-order valence-electron chi connectivity index (χ0n) is 14.2. The Hall–Kier alpha value is -2.31. The van der Waals surface area contributed by atoms with Crippen LogP contribution in [-0.2, 0) is 23.0 Å². The highest BCUT2D eigenvalue weighted by Gasteiger charge is 2.26. The molecule has 0 bridgehead atoms. The number of hydrogen-bond donors (Lipinski definition) is 1. The molecule has 0 spiro atoms. The van der Waals surface area contributed by atoms with E-state index >= 15 is 0 Å². The molecule has 1 aromatic heterocycles. The molecule has 0 amide bonds. The highest BCUT2D eigenvalue weighted by Crippen LogP contribution is 2.33. The van der Waals surface area contributed by atoms with E-state index in [0.29, 0.717) is 5.75 Å². The number of aromatic nitrogens is 1. The van der Waals surface area contributed by atoms with Gasteiger partial charge in [0.2, 0.25) is 0 Å². The van der Waals surface area contributed by atoms with Gasteiger partial charge in [0.15, 0.2) is 0 Å². The quantitative estimate of drug-likeness (QED) is 0.784. The van der Waals surface area contributed by atoms with Crippen LogP contribution in [0.5, 0.6) is 5.75 Å². The number of hydrogen-bond acceptors (Lipinski definition) is 4. The molecule has 0 radical (unpaired) electrons. The molecular formula is C19H20N2O3S. The van der Waals surface area contributed by atoms with Crippen LogP contribution in [0.2, 0.25) is 0 Å². The molecule has 0 aliphatic carbocycles. The average Bonchev–Trinajstić information content (AvgIpc) is 2.86. The van der Waals surface area contributed by atoms with Gasteiger partial charge in [-0.3, -0.25) is 0 Å². The Bertz CT molecular complexity index is 1070. The summed E-state index contributed by atoms with van der Waals surface area (Å²) >= 11 is 0. The maximum atomic E-state index is 13.4. The summed E-state index contributed by atoms with van der Waals surface area (Å²) < 4.78 is 33.5. The normalized spacial score (nSPS) is 14.5. The lowest BCUT2D eigenvalue weighted by atomic mass is 10.1. The standard InChI is InChI=1S/C19H20N2O3S/c1-13-6-7-17(24-2)18(10-13)25(22,23)21-12-15-8-9-20-11-14-4-3-5-16(21)19(14)15/h3-7,10,12,20H,8-9,11H2,1-2H3. The van der Waals surface area contributed by atoms with E-state index in [2.05, 4.69) is 5.32 Å². The van der Waals surface area contributed by atoms with E-state index in [4.69, 9.17) is 4.74 Å². The van der Waals surface area contributed by atoms with Crippen molar-refractivity contribution in [3.63, 3.8) is 0 Å². The first-order chi connectivity index (χ1) is 12.0. The van der Waals surface area contributed by atoms with E-state index in [9.17, 15) is 8.42 Å². The molecule has 6 heteroatoms. The number of rotatable bonds is 3. The zero-order chi connectivity index (χ0) is 17.6. The number of benzene rings is 2. The average molecular weight is 356 g/mol. The van der Waals surface area contributed by atoms with E-state index in [1.807, 2.05) is 31.2 Å². The van der Waals surface area contributed by atoms with Crippen LogP contribution in [0.25, 0.3) is 10.9 Å². The van der Waals surface area contributed by atoms with Gasteiger partial charge in [-0.25, -0.2) is 12.4 Å². The predicted molar refractivity (Wildman–Crippen MR) is 97.7 cm³/mol. The highest BCUT2D eigenvalue weighted by atomic mass is 32.2. The molecule has 0 saturated carbocycles. The maximum absolute atomic E-state index is 13.4. The molecule has 0 unspecified atom stereocenters. The Kier molecular flexibility index (Phi) is 3.81. The Morgan fingerprint density at radius 3 is 2.80 bits per heavy atom. The molecule has 0 saturated heterocycles. The first kappa shape index (κ1) is 16.2. The molecule has 1 aliphatic heterocycles. The third-order valence-electron chi connectivity index (χ3n) is 4.70. The summed E-state index contributed by atoms with van der Waals surface area (Å²) in [6, 6.07) is 11.0. The lowest BCUT2D eigenvalue weighted by Crippen LogP contribution is -2.16. The topological polar surface area (TPSA) is 60.3 Å². The van der Waals surface area contributed by atoms with E-state index in [1.54, 1.807) is 18.3 Å². The SMILES string of the molecule is COc1ccc(C)cc1S(=O)(=O)n1cc2c3c(cccc31)CNCC2. The van der Waals surface area contributed by atoms with Crippen LogP contribution in [0.4, 0.5) is 0 Å². The molecule has 2 aromatic carbocycles. The number of ether oxygens (including phenoxy) is 1.